The highest BCUT2D eigenvalue weighted by Crippen LogP contribution is 2.38. The molecule has 2 heterocycles. The Balaban J connectivity index is 1.50. The maximum absolute atomic E-state index is 15.2. The molecule has 3 aromatic carbocycles. The van der Waals surface area contributed by atoms with Crippen molar-refractivity contribution in [3.05, 3.63) is 141 Å². The molecule has 1 saturated heterocycles. The first-order valence-electron chi connectivity index (χ1n) is 11.6. The van der Waals surface area contributed by atoms with Crippen molar-refractivity contribution in [3.63, 3.8) is 0 Å². The normalized spacial score (nSPS) is 20.1. The van der Waals surface area contributed by atoms with E-state index in [0.717, 1.165) is 16.7 Å². The molecule has 3 atom stereocenters. The number of halogens is 1. The maximum Gasteiger partial charge on any atom is 0.330 e. The third-order valence-corrected chi connectivity index (χ3v) is 6.51. The Hall–Kier alpha value is -3.81. The van der Waals surface area contributed by atoms with Crippen LogP contribution >= 0.6 is 0 Å². The fourth-order valence-electron chi connectivity index (χ4n) is 4.82. The van der Waals surface area contributed by atoms with Crippen molar-refractivity contribution in [2.24, 2.45) is 0 Å². The van der Waals surface area contributed by atoms with Gasteiger partial charge in [-0.2, -0.15) is 0 Å². The first-order valence-corrected chi connectivity index (χ1v) is 11.6. The van der Waals surface area contributed by atoms with Gasteiger partial charge < -0.3 is 4.74 Å². The molecule has 1 fully saturated rings. The molecule has 178 valence electrons. The van der Waals surface area contributed by atoms with Crippen LogP contribution in [0.25, 0.3) is 0 Å². The third-order valence-electron chi connectivity index (χ3n) is 6.51. The lowest BCUT2D eigenvalue weighted by molar-refractivity contribution is -0.0113. The SMILES string of the molecule is O=c1ccn([C@@H]2CC(F)[C@H](CNC(c3ccccc3)(c3ccccc3)c3ccccc3)O2)c(=O)[nH]1. The Bertz CT molecular complexity index is 1280. The second-order valence-electron chi connectivity index (χ2n) is 8.63. The number of nitrogens with zero attached hydrogens (tertiary/aromatic N) is 1. The minimum atomic E-state index is -1.29. The standard InChI is InChI=1S/C28H26FN3O3/c29-23-18-26(32-17-16-25(33)31-27(32)34)35-24(23)19-30-28(20-10-4-1-5-11-20,21-12-6-2-7-13-21)22-14-8-3-9-15-22/h1-17,23-24,26,30H,18-19H2,(H,31,33,34)/t23?,24-,26-/m0/s1. The summed E-state index contributed by atoms with van der Waals surface area (Å²) < 4.78 is 22.4. The summed E-state index contributed by atoms with van der Waals surface area (Å²) in [6.45, 7) is 0.203. The number of hydrogen-bond acceptors (Lipinski definition) is 4. The van der Waals surface area contributed by atoms with E-state index in [9.17, 15) is 9.59 Å². The third kappa shape index (κ3) is 4.48. The first kappa shape index (κ1) is 23.0. The van der Waals surface area contributed by atoms with E-state index in [-0.39, 0.29) is 13.0 Å². The van der Waals surface area contributed by atoms with Gasteiger partial charge in [0.2, 0.25) is 0 Å². The fourth-order valence-corrected chi connectivity index (χ4v) is 4.82. The van der Waals surface area contributed by atoms with Gasteiger partial charge in [0, 0.05) is 25.2 Å². The first-order chi connectivity index (χ1) is 17.1. The molecule has 0 amide bonds. The molecular formula is C28H26FN3O3. The van der Waals surface area contributed by atoms with Crippen LogP contribution in [0, 0.1) is 0 Å². The topological polar surface area (TPSA) is 76.1 Å². The summed E-state index contributed by atoms with van der Waals surface area (Å²) >= 11 is 0. The van der Waals surface area contributed by atoms with E-state index in [0.29, 0.717) is 0 Å². The Morgan fingerprint density at radius 3 is 1.86 bits per heavy atom. The monoisotopic (exact) mass is 471 g/mol. The Labute approximate surface area is 202 Å². The number of nitrogens with one attached hydrogen (secondary N) is 2. The predicted octanol–water partition coefficient (Wildman–Crippen LogP) is 3.74. The highest BCUT2D eigenvalue weighted by molar-refractivity contribution is 5.49. The minimum absolute atomic E-state index is 0.0211. The molecule has 4 aromatic rings. The Morgan fingerprint density at radius 1 is 0.857 bits per heavy atom. The van der Waals surface area contributed by atoms with Crippen LogP contribution < -0.4 is 16.6 Å². The molecule has 1 aliphatic heterocycles. The molecular weight excluding hydrogens is 445 g/mol. The molecule has 0 saturated carbocycles. The average Bonchev–Trinajstić information content (AvgIpc) is 3.26. The quantitative estimate of drug-likeness (QED) is 0.403. The number of benzene rings is 3. The molecule has 0 bridgehead atoms. The molecule has 1 aliphatic rings. The van der Waals surface area contributed by atoms with Crippen molar-refractivity contribution in [2.75, 3.05) is 6.54 Å². The summed E-state index contributed by atoms with van der Waals surface area (Å²) in [6.07, 6.45) is -1.49. The van der Waals surface area contributed by atoms with Crippen molar-refractivity contribution in [3.8, 4) is 0 Å². The number of ether oxygens (including phenoxy) is 1. The molecule has 7 heteroatoms. The molecule has 0 aliphatic carbocycles. The van der Waals surface area contributed by atoms with Crippen LogP contribution in [0.3, 0.4) is 0 Å². The van der Waals surface area contributed by atoms with Crippen LogP contribution in [0.1, 0.15) is 29.3 Å². The molecule has 0 spiro atoms. The summed E-state index contributed by atoms with van der Waals surface area (Å²) in [7, 11) is 0. The van der Waals surface area contributed by atoms with Crippen LogP contribution in [-0.2, 0) is 10.3 Å². The van der Waals surface area contributed by atoms with Crippen LogP contribution in [0.5, 0.6) is 0 Å². The Kier molecular flexibility index (Phi) is 6.44. The number of hydrogen-bond donors (Lipinski definition) is 2. The second-order valence-corrected chi connectivity index (χ2v) is 8.63. The predicted molar refractivity (Wildman–Crippen MR) is 132 cm³/mol. The van der Waals surface area contributed by atoms with E-state index in [2.05, 4.69) is 46.7 Å². The van der Waals surface area contributed by atoms with E-state index in [1.807, 2.05) is 54.6 Å². The molecule has 5 rings (SSSR count). The van der Waals surface area contributed by atoms with E-state index >= 15 is 4.39 Å². The number of rotatable bonds is 7. The van der Waals surface area contributed by atoms with Crippen LogP contribution in [-0.4, -0.2) is 28.4 Å². The van der Waals surface area contributed by atoms with Crippen molar-refractivity contribution in [2.45, 2.75) is 30.5 Å². The van der Waals surface area contributed by atoms with Gasteiger partial charge >= 0.3 is 5.69 Å². The second kappa shape index (κ2) is 9.82. The Morgan fingerprint density at radius 2 is 1.37 bits per heavy atom. The molecule has 1 unspecified atom stereocenters. The zero-order chi connectivity index (χ0) is 24.3. The zero-order valence-corrected chi connectivity index (χ0v) is 19.0. The van der Waals surface area contributed by atoms with Gasteiger partial charge in [0.15, 0.2) is 0 Å². The van der Waals surface area contributed by atoms with Gasteiger partial charge in [-0.05, 0) is 16.7 Å². The van der Waals surface area contributed by atoms with Crippen molar-refractivity contribution in [1.82, 2.24) is 14.9 Å². The van der Waals surface area contributed by atoms with E-state index in [1.165, 1.54) is 16.8 Å². The molecule has 6 nitrogen and oxygen atoms in total. The largest absolute Gasteiger partial charge is 0.350 e. The lowest BCUT2D eigenvalue weighted by Gasteiger charge is -2.38. The summed E-state index contributed by atoms with van der Waals surface area (Å²) in [5.74, 6) is 0. The molecule has 2 N–H and O–H groups in total. The molecule has 1 aromatic heterocycles. The molecule has 0 radical (unpaired) electrons. The fraction of sp³-hybridized carbons (Fsp3) is 0.214. The highest BCUT2D eigenvalue weighted by atomic mass is 19.1. The van der Waals surface area contributed by atoms with Gasteiger partial charge in [-0.25, -0.2) is 9.18 Å². The van der Waals surface area contributed by atoms with E-state index < -0.39 is 35.3 Å². The number of alkyl halides is 1. The lowest BCUT2D eigenvalue weighted by Crippen LogP contribution is -2.48. The van der Waals surface area contributed by atoms with Crippen LogP contribution in [0.4, 0.5) is 4.39 Å². The minimum Gasteiger partial charge on any atom is -0.350 e. The lowest BCUT2D eigenvalue weighted by atomic mass is 9.77. The smallest absolute Gasteiger partial charge is 0.330 e. The number of aromatic amines is 1. The van der Waals surface area contributed by atoms with E-state index in [1.54, 1.807) is 0 Å². The van der Waals surface area contributed by atoms with Crippen LogP contribution in [0.2, 0.25) is 0 Å². The summed E-state index contributed by atoms with van der Waals surface area (Å²) in [6, 6.07) is 31.4. The van der Waals surface area contributed by atoms with Crippen molar-refractivity contribution < 1.29 is 9.13 Å². The number of aromatic nitrogens is 2. The maximum atomic E-state index is 15.2. The zero-order valence-electron chi connectivity index (χ0n) is 19.0. The highest BCUT2D eigenvalue weighted by Gasteiger charge is 2.41. The van der Waals surface area contributed by atoms with Gasteiger partial charge in [0.05, 0.1) is 5.54 Å². The summed E-state index contributed by atoms with van der Waals surface area (Å²) in [5, 5.41) is 3.64. The summed E-state index contributed by atoms with van der Waals surface area (Å²) in [5.41, 5.74) is 1.17. The van der Waals surface area contributed by atoms with E-state index in [4.69, 9.17) is 4.74 Å². The number of H-pyrrole nitrogens is 1. The van der Waals surface area contributed by atoms with Crippen molar-refractivity contribution >= 4 is 0 Å². The van der Waals surface area contributed by atoms with Gasteiger partial charge in [0.1, 0.15) is 18.5 Å². The van der Waals surface area contributed by atoms with Crippen LogP contribution in [0.15, 0.2) is 113 Å². The van der Waals surface area contributed by atoms with Gasteiger partial charge in [-0.3, -0.25) is 19.7 Å². The van der Waals surface area contributed by atoms with Gasteiger partial charge in [-0.15, -0.1) is 0 Å². The van der Waals surface area contributed by atoms with Crippen molar-refractivity contribution in [1.29, 1.82) is 0 Å². The average molecular weight is 472 g/mol. The van der Waals surface area contributed by atoms with Gasteiger partial charge in [-0.1, -0.05) is 91.0 Å². The molecule has 35 heavy (non-hydrogen) atoms. The van der Waals surface area contributed by atoms with Gasteiger partial charge in [0.25, 0.3) is 5.56 Å². The summed E-state index contributed by atoms with van der Waals surface area (Å²) in [4.78, 5) is 25.8.